The molecule has 1 saturated heterocycles. The maximum absolute atomic E-state index is 12.4. The summed E-state index contributed by atoms with van der Waals surface area (Å²) in [5.74, 6) is 0.514. The molecule has 0 spiro atoms. The first-order chi connectivity index (χ1) is 13.8. The lowest BCUT2D eigenvalue weighted by atomic mass is 10.2. The van der Waals surface area contributed by atoms with Crippen LogP contribution in [0.25, 0.3) is 11.5 Å². The monoisotopic (exact) mass is 396 g/mol. The average Bonchev–Trinajstić information content (AvgIpc) is 3.23. The Hall–Kier alpha value is -2.84. The van der Waals surface area contributed by atoms with Gasteiger partial charge in [0.15, 0.2) is 0 Å². The molecule has 4 rings (SSSR count). The molecule has 1 aliphatic rings. The van der Waals surface area contributed by atoms with Crippen LogP contribution in [-0.4, -0.2) is 48.2 Å². The number of carbonyl (C=O) groups excluding carboxylic acids is 1. The maximum atomic E-state index is 12.4. The summed E-state index contributed by atoms with van der Waals surface area (Å²) in [5.41, 5.74) is 2.66. The third-order valence-electron chi connectivity index (χ3n) is 4.28. The zero-order valence-electron chi connectivity index (χ0n) is 15.2. The molecule has 1 fully saturated rings. The normalized spacial score (nSPS) is 14.1. The summed E-state index contributed by atoms with van der Waals surface area (Å²) in [7, 11) is 0. The van der Waals surface area contributed by atoms with Crippen molar-refractivity contribution >= 4 is 29.0 Å². The molecule has 7 nitrogen and oxygen atoms in total. The number of hydrogen-bond acceptors (Lipinski definition) is 7. The van der Waals surface area contributed by atoms with Crippen LogP contribution in [0.15, 0.2) is 64.2 Å². The minimum absolute atomic E-state index is 0.120. The van der Waals surface area contributed by atoms with E-state index in [0.29, 0.717) is 24.3 Å². The van der Waals surface area contributed by atoms with Gasteiger partial charge in [-0.25, -0.2) is 0 Å². The molecule has 1 N–H and O–H groups in total. The number of morpholine rings is 1. The van der Waals surface area contributed by atoms with Crippen LogP contribution in [0.2, 0.25) is 0 Å². The molecule has 1 aliphatic heterocycles. The fraction of sp³-hybridized carbons (Fsp3) is 0.250. The van der Waals surface area contributed by atoms with E-state index < -0.39 is 0 Å². The number of hydrogen-bond donors (Lipinski definition) is 1. The lowest BCUT2D eigenvalue weighted by Gasteiger charge is -2.30. The number of nitrogens with zero attached hydrogens (tertiary/aromatic N) is 3. The third kappa shape index (κ3) is 4.52. The van der Waals surface area contributed by atoms with Gasteiger partial charge in [0.05, 0.1) is 30.3 Å². The smallest absolute Gasteiger partial charge is 0.277 e. The average molecular weight is 396 g/mol. The van der Waals surface area contributed by atoms with E-state index in [-0.39, 0.29) is 11.7 Å². The fourth-order valence-corrected chi connectivity index (χ4v) is 3.50. The quantitative estimate of drug-likeness (QED) is 0.640. The Morgan fingerprint density at radius 3 is 2.61 bits per heavy atom. The lowest BCUT2D eigenvalue weighted by Crippen LogP contribution is -2.36. The van der Waals surface area contributed by atoms with Crippen LogP contribution in [0.5, 0.6) is 0 Å². The third-order valence-corrected chi connectivity index (χ3v) is 5.10. The largest absolute Gasteiger partial charge is 0.411 e. The van der Waals surface area contributed by atoms with Crippen LogP contribution < -0.4 is 10.2 Å². The molecule has 0 unspecified atom stereocenters. The summed E-state index contributed by atoms with van der Waals surface area (Å²) >= 11 is 1.22. The van der Waals surface area contributed by atoms with E-state index in [0.717, 1.165) is 30.0 Å². The number of carbonyl (C=O) groups is 1. The van der Waals surface area contributed by atoms with Crippen molar-refractivity contribution in [3.8, 4) is 11.5 Å². The van der Waals surface area contributed by atoms with Gasteiger partial charge in [0, 0.05) is 18.7 Å². The van der Waals surface area contributed by atoms with Gasteiger partial charge in [-0.05, 0) is 24.3 Å². The van der Waals surface area contributed by atoms with Crippen molar-refractivity contribution < 1.29 is 13.9 Å². The van der Waals surface area contributed by atoms with E-state index in [4.69, 9.17) is 9.15 Å². The fourth-order valence-electron chi connectivity index (χ4n) is 2.94. The van der Waals surface area contributed by atoms with Gasteiger partial charge in [-0.15, -0.1) is 10.2 Å². The molecule has 1 aromatic heterocycles. The summed E-state index contributed by atoms with van der Waals surface area (Å²) in [5, 5.41) is 11.4. The van der Waals surface area contributed by atoms with Crippen LogP contribution >= 0.6 is 11.8 Å². The first-order valence-electron chi connectivity index (χ1n) is 9.03. The van der Waals surface area contributed by atoms with Gasteiger partial charge in [-0.1, -0.05) is 42.1 Å². The summed E-state index contributed by atoms with van der Waals surface area (Å²) in [6, 6.07) is 17.3. The molecule has 2 heterocycles. The molecule has 0 atom stereocenters. The number of amides is 1. The van der Waals surface area contributed by atoms with Crippen molar-refractivity contribution in [2.75, 3.05) is 42.3 Å². The molecule has 0 aliphatic carbocycles. The molecule has 28 heavy (non-hydrogen) atoms. The molecule has 1 amide bonds. The van der Waals surface area contributed by atoms with Crippen molar-refractivity contribution in [1.29, 1.82) is 0 Å². The highest BCUT2D eigenvalue weighted by Crippen LogP contribution is 2.27. The molecule has 3 aromatic rings. The lowest BCUT2D eigenvalue weighted by molar-refractivity contribution is -0.113. The molecule has 144 valence electrons. The van der Waals surface area contributed by atoms with E-state index >= 15 is 0 Å². The maximum Gasteiger partial charge on any atom is 0.277 e. The molecular weight excluding hydrogens is 376 g/mol. The standard InChI is InChI=1S/C20H20N4O3S/c25-18(14-28-20-23-22-19(27-20)15-6-2-1-3-7-15)21-16-8-4-5-9-17(16)24-10-12-26-13-11-24/h1-9H,10-14H2,(H,21,25). The van der Waals surface area contributed by atoms with Crippen molar-refractivity contribution in [3.05, 3.63) is 54.6 Å². The summed E-state index contributed by atoms with van der Waals surface area (Å²) in [4.78, 5) is 14.7. The molecule has 8 heteroatoms. The van der Waals surface area contributed by atoms with E-state index in [9.17, 15) is 4.79 Å². The van der Waals surface area contributed by atoms with Gasteiger partial charge >= 0.3 is 0 Å². The Labute approximate surface area is 167 Å². The second kappa shape index (κ2) is 8.90. The summed E-state index contributed by atoms with van der Waals surface area (Å²) in [6.07, 6.45) is 0. The van der Waals surface area contributed by atoms with Crippen LogP contribution in [-0.2, 0) is 9.53 Å². The molecule has 2 aromatic carbocycles. The number of nitrogens with one attached hydrogen (secondary N) is 1. The summed E-state index contributed by atoms with van der Waals surface area (Å²) in [6.45, 7) is 3.01. The molecular formula is C20H20N4O3S. The molecule has 0 radical (unpaired) electrons. The van der Waals surface area contributed by atoms with Crippen LogP contribution in [0, 0.1) is 0 Å². The second-order valence-corrected chi connectivity index (χ2v) is 7.12. The Bertz CT molecular complexity index is 926. The molecule has 0 saturated carbocycles. The number of thioether (sulfide) groups is 1. The Morgan fingerprint density at radius 2 is 1.79 bits per heavy atom. The van der Waals surface area contributed by atoms with Crippen molar-refractivity contribution in [2.24, 2.45) is 0 Å². The van der Waals surface area contributed by atoms with Crippen molar-refractivity contribution in [1.82, 2.24) is 10.2 Å². The minimum Gasteiger partial charge on any atom is -0.411 e. The number of aromatic nitrogens is 2. The predicted octanol–water partition coefficient (Wildman–Crippen LogP) is 3.30. The van der Waals surface area contributed by atoms with Crippen molar-refractivity contribution in [2.45, 2.75) is 5.22 Å². The minimum atomic E-state index is -0.120. The van der Waals surface area contributed by atoms with Gasteiger partial charge in [0.25, 0.3) is 5.22 Å². The first kappa shape index (κ1) is 18.5. The number of anilines is 2. The Kier molecular flexibility index (Phi) is 5.89. The number of para-hydroxylation sites is 2. The molecule has 0 bridgehead atoms. The van der Waals surface area contributed by atoms with Crippen LogP contribution in [0.1, 0.15) is 0 Å². The van der Waals surface area contributed by atoms with Gasteiger partial charge in [0.2, 0.25) is 11.8 Å². The van der Waals surface area contributed by atoms with E-state index in [1.807, 2.05) is 54.6 Å². The first-order valence-corrected chi connectivity index (χ1v) is 10.0. The number of ether oxygens (including phenoxy) is 1. The predicted molar refractivity (Wildman–Crippen MR) is 109 cm³/mol. The van der Waals surface area contributed by atoms with Gasteiger partial charge in [-0.3, -0.25) is 4.79 Å². The van der Waals surface area contributed by atoms with Crippen LogP contribution in [0.3, 0.4) is 0 Å². The highest BCUT2D eigenvalue weighted by Gasteiger charge is 2.16. The van der Waals surface area contributed by atoms with E-state index in [2.05, 4.69) is 20.4 Å². The highest BCUT2D eigenvalue weighted by atomic mass is 32.2. The topological polar surface area (TPSA) is 80.5 Å². The zero-order chi connectivity index (χ0) is 19.2. The SMILES string of the molecule is O=C(CSc1nnc(-c2ccccc2)o1)Nc1ccccc1N1CCOCC1. The van der Waals surface area contributed by atoms with Gasteiger partial charge < -0.3 is 19.4 Å². The van der Waals surface area contributed by atoms with E-state index in [1.165, 1.54) is 11.8 Å². The summed E-state index contributed by atoms with van der Waals surface area (Å²) < 4.78 is 11.0. The number of benzene rings is 2. The van der Waals surface area contributed by atoms with E-state index in [1.54, 1.807) is 0 Å². The van der Waals surface area contributed by atoms with Gasteiger partial charge in [0.1, 0.15) is 0 Å². The second-order valence-electron chi connectivity index (χ2n) is 6.19. The van der Waals surface area contributed by atoms with Crippen LogP contribution in [0.4, 0.5) is 11.4 Å². The number of rotatable bonds is 6. The Morgan fingerprint density at radius 1 is 1.04 bits per heavy atom. The zero-order valence-corrected chi connectivity index (χ0v) is 16.0. The highest BCUT2D eigenvalue weighted by molar-refractivity contribution is 7.99. The Balaban J connectivity index is 1.36. The van der Waals surface area contributed by atoms with Crippen molar-refractivity contribution in [3.63, 3.8) is 0 Å². The van der Waals surface area contributed by atoms with Gasteiger partial charge in [-0.2, -0.15) is 0 Å².